The molecule has 0 atom stereocenters. The molecule has 1 amide bonds. The lowest BCUT2D eigenvalue weighted by Gasteiger charge is -2.08. The predicted molar refractivity (Wildman–Crippen MR) is 101 cm³/mol. The molecule has 0 bridgehead atoms. The van der Waals surface area contributed by atoms with Gasteiger partial charge in [0.05, 0.1) is 13.7 Å². The maximum absolute atomic E-state index is 12.0. The van der Waals surface area contributed by atoms with Crippen molar-refractivity contribution in [1.82, 2.24) is 5.32 Å². The van der Waals surface area contributed by atoms with Gasteiger partial charge in [0.2, 0.25) is 0 Å². The van der Waals surface area contributed by atoms with Crippen molar-refractivity contribution >= 4 is 17.6 Å². The Morgan fingerprint density at radius 1 is 1.20 bits per heavy atom. The van der Waals surface area contributed by atoms with Gasteiger partial charge in [0.1, 0.15) is 5.75 Å². The molecule has 0 saturated heterocycles. The zero-order chi connectivity index (χ0) is 18.1. The van der Waals surface area contributed by atoms with E-state index in [0.717, 1.165) is 12.1 Å². The first-order chi connectivity index (χ1) is 12.1. The second-order valence-corrected chi connectivity index (χ2v) is 5.43. The molecule has 132 valence electrons. The summed E-state index contributed by atoms with van der Waals surface area (Å²) in [4.78, 5) is 16.2. The Morgan fingerprint density at radius 2 is 1.96 bits per heavy atom. The first kappa shape index (κ1) is 18.3. The third-order valence-corrected chi connectivity index (χ3v) is 3.64. The summed E-state index contributed by atoms with van der Waals surface area (Å²) in [5.74, 6) is 0.888. The van der Waals surface area contributed by atoms with E-state index < -0.39 is 0 Å². The quantitative estimate of drug-likeness (QED) is 0.410. The number of nitrogens with zero attached hydrogens (tertiary/aromatic N) is 1. The number of ether oxygens (including phenoxy) is 1. The number of amides is 1. The Balaban J connectivity index is 1.78. The minimum absolute atomic E-state index is 0.153. The van der Waals surface area contributed by atoms with Crippen molar-refractivity contribution in [3.05, 3.63) is 59.7 Å². The highest BCUT2D eigenvalue weighted by atomic mass is 16.5. The molecule has 0 fully saturated rings. The number of rotatable bonds is 7. The monoisotopic (exact) mass is 340 g/mol. The van der Waals surface area contributed by atoms with Crippen molar-refractivity contribution in [1.29, 1.82) is 0 Å². The number of hydrogen-bond acceptors (Lipinski definition) is 3. The number of methoxy groups -OCH3 is 1. The molecule has 4 N–H and O–H groups in total. The molecule has 0 saturated carbocycles. The van der Waals surface area contributed by atoms with E-state index >= 15 is 0 Å². The van der Waals surface area contributed by atoms with Crippen LogP contribution in [-0.2, 0) is 6.42 Å². The second-order valence-electron chi connectivity index (χ2n) is 5.43. The molecule has 0 spiro atoms. The molecular formula is C19H24N4O2. The van der Waals surface area contributed by atoms with Crippen molar-refractivity contribution in [2.45, 2.75) is 13.3 Å². The van der Waals surface area contributed by atoms with Crippen LogP contribution in [-0.4, -0.2) is 32.1 Å². The van der Waals surface area contributed by atoms with E-state index in [-0.39, 0.29) is 5.91 Å². The van der Waals surface area contributed by atoms with Crippen LogP contribution in [0.1, 0.15) is 22.8 Å². The topological polar surface area (TPSA) is 88.7 Å². The lowest BCUT2D eigenvalue weighted by atomic mass is 10.1. The first-order valence-corrected chi connectivity index (χ1v) is 8.20. The van der Waals surface area contributed by atoms with Crippen LogP contribution in [0.2, 0.25) is 0 Å². The number of hydrogen-bond donors (Lipinski definition) is 3. The summed E-state index contributed by atoms with van der Waals surface area (Å²) in [5, 5.41) is 5.85. The first-order valence-electron chi connectivity index (χ1n) is 8.20. The summed E-state index contributed by atoms with van der Waals surface area (Å²) in [6.07, 6.45) is 0.962. The number of aliphatic imine (C=N–C) groups is 1. The molecule has 25 heavy (non-hydrogen) atoms. The Hall–Kier alpha value is -3.02. The van der Waals surface area contributed by atoms with Crippen LogP contribution >= 0.6 is 0 Å². The Bertz CT molecular complexity index is 726. The van der Waals surface area contributed by atoms with Gasteiger partial charge in [-0.3, -0.25) is 9.79 Å². The van der Waals surface area contributed by atoms with E-state index in [1.54, 1.807) is 31.4 Å². The lowest BCUT2D eigenvalue weighted by Crippen LogP contribution is -2.28. The number of nitrogens with one attached hydrogen (secondary N) is 2. The standard InChI is InChI=1S/C19H24N4O2/c1-3-14-5-4-6-16(13-14)23-19(20)22-12-11-21-18(24)15-7-9-17(25-2)10-8-15/h4-10,13H,3,11-12H2,1-2H3,(H,21,24)(H3,20,22,23). The average molecular weight is 340 g/mol. The Labute approximate surface area is 148 Å². The van der Waals surface area contributed by atoms with Gasteiger partial charge in [-0.25, -0.2) is 0 Å². The molecule has 0 aliphatic rings. The van der Waals surface area contributed by atoms with E-state index in [2.05, 4.69) is 28.6 Å². The van der Waals surface area contributed by atoms with Crippen LogP contribution in [0.25, 0.3) is 0 Å². The van der Waals surface area contributed by atoms with Gasteiger partial charge in [-0.15, -0.1) is 0 Å². The fourth-order valence-electron chi connectivity index (χ4n) is 2.25. The van der Waals surface area contributed by atoms with Gasteiger partial charge in [0, 0.05) is 17.8 Å². The normalized spacial score (nSPS) is 11.0. The third kappa shape index (κ3) is 5.84. The van der Waals surface area contributed by atoms with Crippen LogP contribution in [0.15, 0.2) is 53.5 Å². The summed E-state index contributed by atoms with van der Waals surface area (Å²) in [5.41, 5.74) is 8.58. The Kier molecular flexibility index (Phi) is 6.83. The number of carbonyl (C=O) groups is 1. The Morgan fingerprint density at radius 3 is 2.64 bits per heavy atom. The van der Waals surface area contributed by atoms with Gasteiger partial charge in [-0.05, 0) is 48.4 Å². The molecule has 0 radical (unpaired) electrons. The van der Waals surface area contributed by atoms with Crippen molar-refractivity contribution in [2.24, 2.45) is 10.7 Å². The van der Waals surface area contributed by atoms with Gasteiger partial charge in [-0.2, -0.15) is 0 Å². The lowest BCUT2D eigenvalue weighted by molar-refractivity contribution is 0.0955. The fourth-order valence-corrected chi connectivity index (χ4v) is 2.25. The smallest absolute Gasteiger partial charge is 0.251 e. The van der Waals surface area contributed by atoms with Gasteiger partial charge in [0.25, 0.3) is 5.91 Å². The van der Waals surface area contributed by atoms with E-state index in [9.17, 15) is 4.79 Å². The number of anilines is 1. The molecule has 6 heteroatoms. The van der Waals surface area contributed by atoms with Crippen LogP contribution < -0.4 is 21.1 Å². The maximum atomic E-state index is 12.0. The summed E-state index contributed by atoms with van der Waals surface area (Å²) >= 11 is 0. The highest BCUT2D eigenvalue weighted by Crippen LogP contribution is 2.11. The highest BCUT2D eigenvalue weighted by Gasteiger charge is 2.04. The molecule has 0 heterocycles. The zero-order valence-electron chi connectivity index (χ0n) is 14.6. The number of carbonyl (C=O) groups excluding carboxylic acids is 1. The van der Waals surface area contributed by atoms with Crippen molar-refractivity contribution in [2.75, 3.05) is 25.5 Å². The fraction of sp³-hybridized carbons (Fsp3) is 0.263. The summed E-state index contributed by atoms with van der Waals surface area (Å²) in [6.45, 7) is 2.90. The molecule has 0 unspecified atom stereocenters. The van der Waals surface area contributed by atoms with Crippen molar-refractivity contribution in [3.63, 3.8) is 0 Å². The third-order valence-electron chi connectivity index (χ3n) is 3.64. The van der Waals surface area contributed by atoms with E-state index in [1.807, 2.05) is 18.2 Å². The van der Waals surface area contributed by atoms with Gasteiger partial charge >= 0.3 is 0 Å². The van der Waals surface area contributed by atoms with Crippen molar-refractivity contribution in [3.8, 4) is 5.75 Å². The summed E-state index contributed by atoms with van der Waals surface area (Å²) < 4.78 is 5.07. The van der Waals surface area contributed by atoms with Crippen LogP contribution in [0, 0.1) is 0 Å². The molecular weight excluding hydrogens is 316 g/mol. The molecule has 0 aromatic heterocycles. The van der Waals surface area contributed by atoms with Crippen LogP contribution in [0.3, 0.4) is 0 Å². The van der Waals surface area contributed by atoms with Gasteiger partial charge in [-0.1, -0.05) is 19.1 Å². The second kappa shape index (κ2) is 9.32. The highest BCUT2D eigenvalue weighted by molar-refractivity contribution is 5.94. The maximum Gasteiger partial charge on any atom is 0.251 e. The minimum Gasteiger partial charge on any atom is -0.497 e. The van der Waals surface area contributed by atoms with E-state index in [4.69, 9.17) is 10.5 Å². The molecule has 2 aromatic carbocycles. The number of guanidine groups is 1. The number of nitrogens with two attached hydrogens (primary N) is 1. The largest absolute Gasteiger partial charge is 0.497 e. The molecule has 0 aliphatic carbocycles. The molecule has 2 rings (SSSR count). The van der Waals surface area contributed by atoms with Crippen molar-refractivity contribution < 1.29 is 9.53 Å². The molecule has 0 aliphatic heterocycles. The van der Waals surface area contributed by atoms with Gasteiger partial charge in [0.15, 0.2) is 5.96 Å². The zero-order valence-corrected chi connectivity index (χ0v) is 14.6. The van der Waals surface area contributed by atoms with E-state index in [0.29, 0.717) is 30.4 Å². The average Bonchev–Trinajstić information content (AvgIpc) is 2.65. The SMILES string of the molecule is CCc1cccc(NC(N)=NCCNC(=O)c2ccc(OC)cc2)c1. The van der Waals surface area contributed by atoms with Gasteiger partial charge < -0.3 is 21.1 Å². The number of benzene rings is 2. The molecule has 6 nitrogen and oxygen atoms in total. The van der Waals surface area contributed by atoms with Crippen LogP contribution in [0.5, 0.6) is 5.75 Å². The predicted octanol–water partition coefficient (Wildman–Crippen LogP) is 2.41. The minimum atomic E-state index is -0.153. The van der Waals surface area contributed by atoms with E-state index in [1.165, 1.54) is 5.56 Å². The summed E-state index contributed by atoms with van der Waals surface area (Å²) in [7, 11) is 1.59. The molecule has 2 aromatic rings. The number of aryl methyl sites for hydroxylation is 1. The van der Waals surface area contributed by atoms with Crippen LogP contribution in [0.4, 0.5) is 5.69 Å². The summed E-state index contributed by atoms with van der Waals surface area (Å²) in [6, 6.07) is 14.9.